The van der Waals surface area contributed by atoms with Gasteiger partial charge in [0.15, 0.2) is 0 Å². The van der Waals surface area contributed by atoms with Crippen LogP contribution in [0.4, 0.5) is 0 Å². The number of rotatable bonds is 1. The minimum atomic E-state index is 0.0278. The highest BCUT2D eigenvalue weighted by Crippen LogP contribution is 2.29. The van der Waals surface area contributed by atoms with Crippen LogP contribution in [0.1, 0.15) is 20.8 Å². The first-order valence-corrected chi connectivity index (χ1v) is 3.38. The summed E-state index contributed by atoms with van der Waals surface area (Å²) in [6.07, 6.45) is 1.82. The summed E-state index contributed by atoms with van der Waals surface area (Å²) in [5, 5.41) is 0. The quantitative estimate of drug-likeness (QED) is 0.555. The fourth-order valence-corrected chi connectivity index (χ4v) is 0.930. The lowest BCUT2D eigenvalue weighted by atomic mass is 9.79. The second kappa shape index (κ2) is 1.81. The smallest absolute Gasteiger partial charge is 0.0800 e. The maximum Gasteiger partial charge on any atom is 0.0800 e. The second-order valence-electron chi connectivity index (χ2n) is 3.18. The number of nitrogens with two attached hydrogens (primary N) is 1. The molecule has 52 valence electrons. The van der Waals surface area contributed by atoms with Gasteiger partial charge in [-0.15, -0.1) is 0 Å². The average molecular weight is 126 g/mol. The van der Waals surface area contributed by atoms with Gasteiger partial charge in [0, 0.05) is 6.21 Å². The van der Waals surface area contributed by atoms with E-state index in [0.29, 0.717) is 5.92 Å². The third kappa shape index (κ3) is 0.778. The molecule has 0 aromatic heterocycles. The largest absolute Gasteiger partial charge is 0.321 e. The number of hydrogen-bond donors (Lipinski definition) is 1. The highest BCUT2D eigenvalue weighted by Gasteiger charge is 2.38. The van der Waals surface area contributed by atoms with Crippen LogP contribution in [0.25, 0.3) is 0 Å². The average Bonchev–Trinajstić information content (AvgIpc) is 1.82. The van der Waals surface area contributed by atoms with Crippen molar-refractivity contribution in [3.05, 3.63) is 0 Å². The van der Waals surface area contributed by atoms with E-state index in [1.807, 2.05) is 6.21 Å². The van der Waals surface area contributed by atoms with Crippen LogP contribution in [0, 0.1) is 5.92 Å². The van der Waals surface area contributed by atoms with Gasteiger partial charge in [-0.1, -0.05) is 13.8 Å². The summed E-state index contributed by atoms with van der Waals surface area (Å²) >= 11 is 0. The Balaban J connectivity index is 2.67. The zero-order chi connectivity index (χ0) is 7.07. The van der Waals surface area contributed by atoms with E-state index in [-0.39, 0.29) is 11.6 Å². The van der Waals surface area contributed by atoms with Crippen LogP contribution in [0.15, 0.2) is 4.99 Å². The Bertz CT molecular complexity index is 140. The lowest BCUT2D eigenvalue weighted by molar-refractivity contribution is 0.297. The molecule has 0 aliphatic carbocycles. The van der Waals surface area contributed by atoms with Crippen molar-refractivity contribution in [1.29, 1.82) is 0 Å². The van der Waals surface area contributed by atoms with Crippen LogP contribution in [0.5, 0.6) is 0 Å². The van der Waals surface area contributed by atoms with Gasteiger partial charge >= 0.3 is 0 Å². The van der Waals surface area contributed by atoms with E-state index in [2.05, 4.69) is 25.8 Å². The molecule has 0 aromatic rings. The van der Waals surface area contributed by atoms with Gasteiger partial charge in [0.05, 0.1) is 11.6 Å². The molecule has 0 saturated heterocycles. The SMILES string of the molecule is CC(C)[C@]1(C)N=C[C@@H]1N. The molecule has 0 amide bonds. The van der Waals surface area contributed by atoms with Gasteiger partial charge in [0.25, 0.3) is 0 Å². The van der Waals surface area contributed by atoms with Crippen LogP contribution >= 0.6 is 0 Å². The van der Waals surface area contributed by atoms with Crippen LogP contribution in [-0.2, 0) is 0 Å². The first-order valence-electron chi connectivity index (χ1n) is 3.38. The van der Waals surface area contributed by atoms with Crippen molar-refractivity contribution < 1.29 is 0 Å². The van der Waals surface area contributed by atoms with Crippen molar-refractivity contribution in [2.24, 2.45) is 16.6 Å². The molecule has 2 N–H and O–H groups in total. The van der Waals surface area contributed by atoms with Gasteiger partial charge in [0.2, 0.25) is 0 Å². The zero-order valence-electron chi connectivity index (χ0n) is 6.26. The highest BCUT2D eigenvalue weighted by molar-refractivity contribution is 5.73. The molecule has 2 atom stereocenters. The van der Waals surface area contributed by atoms with E-state index in [4.69, 9.17) is 5.73 Å². The van der Waals surface area contributed by atoms with E-state index in [0.717, 1.165) is 0 Å². The third-order valence-corrected chi connectivity index (χ3v) is 2.36. The topological polar surface area (TPSA) is 38.4 Å². The first-order chi connectivity index (χ1) is 4.07. The van der Waals surface area contributed by atoms with Gasteiger partial charge in [-0.25, -0.2) is 0 Å². The van der Waals surface area contributed by atoms with Crippen LogP contribution in [0.3, 0.4) is 0 Å². The molecular weight excluding hydrogens is 112 g/mol. The van der Waals surface area contributed by atoms with Gasteiger partial charge in [-0.05, 0) is 12.8 Å². The van der Waals surface area contributed by atoms with Crippen LogP contribution in [0.2, 0.25) is 0 Å². The summed E-state index contributed by atoms with van der Waals surface area (Å²) in [4.78, 5) is 4.23. The van der Waals surface area contributed by atoms with Gasteiger partial charge in [-0.2, -0.15) is 0 Å². The van der Waals surface area contributed by atoms with Gasteiger partial charge in [0.1, 0.15) is 0 Å². The van der Waals surface area contributed by atoms with E-state index in [1.165, 1.54) is 0 Å². The van der Waals surface area contributed by atoms with Crippen molar-refractivity contribution in [3.63, 3.8) is 0 Å². The molecule has 1 heterocycles. The lowest BCUT2D eigenvalue weighted by Gasteiger charge is -2.40. The molecule has 1 aliphatic rings. The van der Waals surface area contributed by atoms with E-state index < -0.39 is 0 Å². The van der Waals surface area contributed by atoms with Crippen molar-refractivity contribution >= 4 is 6.21 Å². The molecule has 0 bridgehead atoms. The summed E-state index contributed by atoms with van der Waals surface area (Å²) in [5.74, 6) is 0.553. The van der Waals surface area contributed by atoms with Crippen molar-refractivity contribution in [1.82, 2.24) is 0 Å². The fraction of sp³-hybridized carbons (Fsp3) is 0.857. The van der Waals surface area contributed by atoms with Crippen molar-refractivity contribution in [2.45, 2.75) is 32.4 Å². The Hall–Kier alpha value is -0.370. The number of aliphatic imine (C=N–C) groups is 1. The summed E-state index contributed by atoms with van der Waals surface area (Å²) < 4.78 is 0. The van der Waals surface area contributed by atoms with Crippen molar-refractivity contribution in [2.75, 3.05) is 0 Å². The molecular formula is C7H14N2. The Morgan fingerprint density at radius 1 is 1.67 bits per heavy atom. The predicted molar refractivity (Wildman–Crippen MR) is 39.7 cm³/mol. The molecule has 1 rings (SSSR count). The first kappa shape index (κ1) is 6.75. The molecule has 0 fully saturated rings. The fourth-order valence-electron chi connectivity index (χ4n) is 0.930. The van der Waals surface area contributed by atoms with E-state index in [9.17, 15) is 0 Å². The van der Waals surface area contributed by atoms with Gasteiger partial charge in [-0.3, -0.25) is 4.99 Å². The second-order valence-corrected chi connectivity index (χ2v) is 3.18. The molecule has 0 aromatic carbocycles. The molecule has 1 aliphatic heterocycles. The number of hydrogen-bond acceptors (Lipinski definition) is 2. The summed E-state index contributed by atoms with van der Waals surface area (Å²) in [7, 11) is 0. The predicted octanol–water partition coefficient (Wildman–Crippen LogP) is 0.813. The Labute approximate surface area is 56.2 Å². The summed E-state index contributed by atoms with van der Waals surface area (Å²) in [6.45, 7) is 6.40. The number of nitrogens with zero attached hydrogens (tertiary/aromatic N) is 1. The molecule has 0 radical (unpaired) electrons. The van der Waals surface area contributed by atoms with Crippen LogP contribution in [-0.4, -0.2) is 17.8 Å². The highest BCUT2D eigenvalue weighted by atomic mass is 15.0. The molecule has 0 unspecified atom stereocenters. The zero-order valence-corrected chi connectivity index (χ0v) is 6.26. The maximum atomic E-state index is 5.71. The van der Waals surface area contributed by atoms with Gasteiger partial charge < -0.3 is 5.73 Å². The molecule has 0 saturated carbocycles. The lowest BCUT2D eigenvalue weighted by Crippen LogP contribution is -2.55. The minimum absolute atomic E-state index is 0.0278. The molecule has 0 spiro atoms. The standard InChI is InChI=1S/C7H14N2/c1-5(2)7(3)6(8)4-9-7/h4-6H,8H2,1-3H3/t6-,7-/m0/s1. The third-order valence-electron chi connectivity index (χ3n) is 2.36. The molecule has 9 heavy (non-hydrogen) atoms. The Morgan fingerprint density at radius 3 is 2.22 bits per heavy atom. The Kier molecular flexibility index (Phi) is 1.35. The summed E-state index contributed by atoms with van der Waals surface area (Å²) in [5.41, 5.74) is 5.74. The van der Waals surface area contributed by atoms with E-state index >= 15 is 0 Å². The Morgan fingerprint density at radius 2 is 2.22 bits per heavy atom. The minimum Gasteiger partial charge on any atom is -0.321 e. The molecule has 2 heteroatoms. The monoisotopic (exact) mass is 126 g/mol. The van der Waals surface area contributed by atoms with Crippen molar-refractivity contribution in [3.8, 4) is 0 Å². The normalized spacial score (nSPS) is 41.2. The van der Waals surface area contributed by atoms with Crippen LogP contribution < -0.4 is 5.73 Å². The van der Waals surface area contributed by atoms with E-state index in [1.54, 1.807) is 0 Å². The molecule has 2 nitrogen and oxygen atoms in total. The summed E-state index contributed by atoms with van der Waals surface area (Å²) in [6, 6.07) is 0.178. The maximum absolute atomic E-state index is 5.71.